The standard InChI is InChI=1S/C22H16ClF3N6O2/c1-13-28-19(32-10-2-9-27-32)12-20(29-13)34-16-6-3-14(4-7-16)30-21(33)31-15-5-8-18(23)17(11-15)22(24,25)26/h2-12H,1H3,(H2,30,31,33). The fraction of sp³-hybridized carbons (Fsp3) is 0.0909. The fourth-order valence-corrected chi connectivity index (χ4v) is 3.16. The Morgan fingerprint density at radius 3 is 2.41 bits per heavy atom. The predicted octanol–water partition coefficient (Wildman–Crippen LogP) is 6.08. The van der Waals surface area contributed by atoms with Crippen molar-refractivity contribution in [2.45, 2.75) is 13.1 Å². The van der Waals surface area contributed by atoms with E-state index in [1.165, 1.54) is 6.07 Å². The molecule has 0 aliphatic rings. The van der Waals surface area contributed by atoms with Crippen molar-refractivity contribution in [3.8, 4) is 17.4 Å². The van der Waals surface area contributed by atoms with Gasteiger partial charge in [0, 0.05) is 29.8 Å². The van der Waals surface area contributed by atoms with Crippen LogP contribution < -0.4 is 15.4 Å². The van der Waals surface area contributed by atoms with E-state index in [4.69, 9.17) is 16.3 Å². The Balaban J connectivity index is 1.40. The molecule has 2 amide bonds. The van der Waals surface area contributed by atoms with Gasteiger partial charge < -0.3 is 15.4 Å². The topological polar surface area (TPSA) is 94.0 Å². The van der Waals surface area contributed by atoms with Gasteiger partial charge in [0.2, 0.25) is 5.88 Å². The van der Waals surface area contributed by atoms with Gasteiger partial charge in [-0.15, -0.1) is 0 Å². The van der Waals surface area contributed by atoms with Gasteiger partial charge in [-0.1, -0.05) is 11.6 Å². The molecule has 2 heterocycles. The SMILES string of the molecule is Cc1nc(Oc2ccc(NC(=O)Nc3ccc(Cl)c(C(F)(F)F)c3)cc2)cc(-n2cccn2)n1. The number of hydrogen-bond acceptors (Lipinski definition) is 5. The molecule has 0 aliphatic heterocycles. The van der Waals surface area contributed by atoms with Crippen LogP contribution >= 0.6 is 11.6 Å². The van der Waals surface area contributed by atoms with Crippen LogP contribution in [0.4, 0.5) is 29.3 Å². The third-order valence-corrected chi connectivity index (χ3v) is 4.73. The van der Waals surface area contributed by atoms with Crippen molar-refractivity contribution in [1.82, 2.24) is 19.7 Å². The maximum Gasteiger partial charge on any atom is 0.417 e. The van der Waals surface area contributed by atoms with Gasteiger partial charge in [-0.3, -0.25) is 0 Å². The first-order chi connectivity index (χ1) is 16.2. The largest absolute Gasteiger partial charge is 0.439 e. The number of amides is 2. The number of alkyl halides is 3. The van der Waals surface area contributed by atoms with Gasteiger partial charge in [0.25, 0.3) is 0 Å². The number of anilines is 2. The van der Waals surface area contributed by atoms with Crippen LogP contribution in [0.5, 0.6) is 11.6 Å². The number of carbonyl (C=O) groups is 1. The lowest BCUT2D eigenvalue weighted by molar-refractivity contribution is -0.137. The first-order valence-corrected chi connectivity index (χ1v) is 10.1. The minimum absolute atomic E-state index is 0.0544. The summed E-state index contributed by atoms with van der Waals surface area (Å²) in [6.45, 7) is 1.73. The lowest BCUT2D eigenvalue weighted by Gasteiger charge is -2.12. The average molecular weight is 489 g/mol. The molecule has 0 fully saturated rings. The minimum Gasteiger partial charge on any atom is -0.439 e. The lowest BCUT2D eigenvalue weighted by atomic mass is 10.2. The second kappa shape index (κ2) is 9.40. The zero-order valence-corrected chi connectivity index (χ0v) is 18.2. The number of aryl methyl sites for hydroxylation is 1. The summed E-state index contributed by atoms with van der Waals surface area (Å²) in [5, 5.41) is 8.55. The molecule has 4 aromatic rings. The van der Waals surface area contributed by atoms with Crippen LogP contribution in [0.2, 0.25) is 5.02 Å². The molecule has 0 aliphatic carbocycles. The summed E-state index contributed by atoms with van der Waals surface area (Å²) in [5.74, 6) is 1.79. The summed E-state index contributed by atoms with van der Waals surface area (Å²) < 4.78 is 46.3. The molecule has 174 valence electrons. The van der Waals surface area contributed by atoms with Gasteiger partial charge in [-0.2, -0.15) is 23.3 Å². The number of aromatic nitrogens is 4. The van der Waals surface area contributed by atoms with Crippen molar-refractivity contribution in [1.29, 1.82) is 0 Å². The molecule has 0 saturated heterocycles. The van der Waals surface area contributed by atoms with Crippen molar-refractivity contribution in [2.75, 3.05) is 10.6 Å². The van der Waals surface area contributed by atoms with E-state index in [-0.39, 0.29) is 5.69 Å². The Morgan fingerprint density at radius 2 is 1.74 bits per heavy atom. The zero-order chi connectivity index (χ0) is 24.3. The Morgan fingerprint density at radius 1 is 1.03 bits per heavy atom. The third-order valence-electron chi connectivity index (χ3n) is 4.40. The molecule has 34 heavy (non-hydrogen) atoms. The van der Waals surface area contributed by atoms with Crippen molar-refractivity contribution in [3.63, 3.8) is 0 Å². The molecule has 0 unspecified atom stereocenters. The highest BCUT2D eigenvalue weighted by molar-refractivity contribution is 6.31. The van der Waals surface area contributed by atoms with Crippen LogP contribution in [0.25, 0.3) is 5.82 Å². The molecule has 0 saturated carbocycles. The maximum absolute atomic E-state index is 13.0. The van der Waals surface area contributed by atoms with Crippen molar-refractivity contribution in [3.05, 3.63) is 83.4 Å². The molecule has 2 aromatic carbocycles. The highest BCUT2D eigenvalue weighted by Crippen LogP contribution is 2.36. The van der Waals surface area contributed by atoms with E-state index in [0.29, 0.717) is 29.0 Å². The van der Waals surface area contributed by atoms with Gasteiger partial charge in [0.05, 0.1) is 10.6 Å². The van der Waals surface area contributed by atoms with Gasteiger partial charge >= 0.3 is 12.2 Å². The van der Waals surface area contributed by atoms with E-state index < -0.39 is 22.8 Å². The molecule has 8 nitrogen and oxygen atoms in total. The summed E-state index contributed by atoms with van der Waals surface area (Å²) in [5.41, 5.74) is -0.698. The predicted molar refractivity (Wildman–Crippen MR) is 120 cm³/mol. The fourth-order valence-electron chi connectivity index (χ4n) is 2.94. The summed E-state index contributed by atoms with van der Waals surface area (Å²) in [6, 6.07) is 12.1. The highest BCUT2D eigenvalue weighted by atomic mass is 35.5. The first-order valence-electron chi connectivity index (χ1n) is 9.76. The Hall–Kier alpha value is -4.12. The Kier molecular flexibility index (Phi) is 6.37. The number of ether oxygens (including phenoxy) is 1. The van der Waals surface area contributed by atoms with Crippen molar-refractivity contribution >= 4 is 29.0 Å². The molecule has 12 heteroatoms. The number of nitrogens with one attached hydrogen (secondary N) is 2. The molecule has 0 bridgehead atoms. The van der Waals surface area contributed by atoms with E-state index in [1.807, 2.05) is 0 Å². The molecule has 0 atom stereocenters. The summed E-state index contributed by atoms with van der Waals surface area (Å²) in [7, 11) is 0. The molecular weight excluding hydrogens is 473 g/mol. The number of halogens is 4. The Bertz CT molecular complexity index is 1310. The molecule has 4 rings (SSSR count). The van der Waals surface area contributed by atoms with E-state index in [2.05, 4.69) is 25.7 Å². The van der Waals surface area contributed by atoms with E-state index >= 15 is 0 Å². The van der Waals surface area contributed by atoms with Crippen LogP contribution in [0.3, 0.4) is 0 Å². The summed E-state index contributed by atoms with van der Waals surface area (Å²) in [4.78, 5) is 20.7. The zero-order valence-electron chi connectivity index (χ0n) is 17.5. The van der Waals surface area contributed by atoms with Crippen LogP contribution in [0.1, 0.15) is 11.4 Å². The van der Waals surface area contributed by atoms with E-state index in [1.54, 1.807) is 60.4 Å². The number of nitrogens with zero attached hydrogens (tertiary/aromatic N) is 4. The minimum atomic E-state index is -4.64. The summed E-state index contributed by atoms with van der Waals surface area (Å²) in [6.07, 6.45) is -1.27. The van der Waals surface area contributed by atoms with Crippen molar-refractivity contribution < 1.29 is 22.7 Å². The molecule has 2 aromatic heterocycles. The monoisotopic (exact) mass is 488 g/mol. The average Bonchev–Trinajstić information content (AvgIpc) is 3.30. The lowest BCUT2D eigenvalue weighted by Crippen LogP contribution is -2.19. The second-order valence-electron chi connectivity index (χ2n) is 6.96. The molecule has 0 spiro atoms. The van der Waals surface area contributed by atoms with Crippen LogP contribution in [0, 0.1) is 6.92 Å². The molecule has 2 N–H and O–H groups in total. The number of carbonyl (C=O) groups excluding carboxylic acids is 1. The number of urea groups is 1. The van der Waals surface area contributed by atoms with Crippen LogP contribution in [-0.2, 0) is 6.18 Å². The van der Waals surface area contributed by atoms with Gasteiger partial charge in [-0.25, -0.2) is 14.5 Å². The van der Waals surface area contributed by atoms with Gasteiger partial charge in [0.1, 0.15) is 11.6 Å². The van der Waals surface area contributed by atoms with E-state index in [0.717, 1.165) is 12.1 Å². The van der Waals surface area contributed by atoms with Gasteiger partial charge in [-0.05, 0) is 55.5 Å². The second-order valence-corrected chi connectivity index (χ2v) is 7.37. The van der Waals surface area contributed by atoms with Crippen molar-refractivity contribution in [2.24, 2.45) is 0 Å². The summed E-state index contributed by atoms with van der Waals surface area (Å²) >= 11 is 5.59. The maximum atomic E-state index is 13.0. The third kappa shape index (κ3) is 5.62. The van der Waals surface area contributed by atoms with Crippen LogP contribution in [-0.4, -0.2) is 25.8 Å². The molecular formula is C22H16ClF3N6O2. The quantitative estimate of drug-likeness (QED) is 0.355. The Labute approximate surface area is 196 Å². The first kappa shape index (κ1) is 23.1. The number of benzene rings is 2. The van der Waals surface area contributed by atoms with Crippen LogP contribution in [0.15, 0.2) is 67.0 Å². The highest BCUT2D eigenvalue weighted by Gasteiger charge is 2.33. The van der Waals surface area contributed by atoms with E-state index in [9.17, 15) is 18.0 Å². The smallest absolute Gasteiger partial charge is 0.417 e. The van der Waals surface area contributed by atoms with Gasteiger partial charge in [0.15, 0.2) is 5.82 Å². The molecule has 0 radical (unpaired) electrons. The normalized spacial score (nSPS) is 11.2. The number of rotatable bonds is 5. The number of hydrogen-bond donors (Lipinski definition) is 2.